The smallest absolute Gasteiger partial charge is 0.0360 e. The highest BCUT2D eigenvalue weighted by atomic mass is 32.1. The number of thiophene rings is 1. The van der Waals surface area contributed by atoms with Crippen LogP contribution in [0.4, 0.5) is 0 Å². The average Bonchev–Trinajstić information content (AvgIpc) is 2.65. The lowest BCUT2D eigenvalue weighted by Gasteiger charge is -2.09. The first-order chi connectivity index (χ1) is 8.16. The zero-order valence-corrected chi connectivity index (χ0v) is 11.3. The Kier molecular flexibility index (Phi) is 2.44. The highest BCUT2D eigenvalue weighted by molar-refractivity contribution is 7.25. The van der Waals surface area contributed by atoms with Crippen LogP contribution in [0.15, 0.2) is 36.4 Å². The molecule has 0 saturated heterocycles. The lowest BCUT2D eigenvalue weighted by Crippen LogP contribution is -1.89. The van der Waals surface area contributed by atoms with Gasteiger partial charge in [0.2, 0.25) is 0 Å². The number of rotatable bonds is 1. The Labute approximate surface area is 106 Å². The van der Waals surface area contributed by atoms with Gasteiger partial charge in [-0.3, -0.25) is 0 Å². The van der Waals surface area contributed by atoms with Crippen molar-refractivity contribution in [3.05, 3.63) is 47.5 Å². The van der Waals surface area contributed by atoms with E-state index in [1.54, 1.807) is 0 Å². The molecular weight excluding hydrogens is 224 g/mol. The molecular formula is C16H16S. The molecule has 0 aliphatic rings. The van der Waals surface area contributed by atoms with Gasteiger partial charge < -0.3 is 0 Å². The molecule has 0 atom stereocenters. The molecule has 0 nitrogen and oxygen atoms in total. The summed E-state index contributed by atoms with van der Waals surface area (Å²) in [6.45, 7) is 6.75. The molecule has 86 valence electrons. The van der Waals surface area contributed by atoms with Crippen molar-refractivity contribution in [2.75, 3.05) is 0 Å². The lowest BCUT2D eigenvalue weighted by molar-refractivity contribution is 0.876. The summed E-state index contributed by atoms with van der Waals surface area (Å²) in [6, 6.07) is 13.4. The third-order valence-electron chi connectivity index (χ3n) is 3.28. The topological polar surface area (TPSA) is 0 Å². The second-order valence-corrected chi connectivity index (χ2v) is 6.06. The minimum absolute atomic E-state index is 0.579. The number of hydrogen-bond acceptors (Lipinski definition) is 1. The van der Waals surface area contributed by atoms with Gasteiger partial charge in [-0.25, -0.2) is 0 Å². The minimum Gasteiger partial charge on any atom is -0.135 e. The van der Waals surface area contributed by atoms with Crippen molar-refractivity contribution in [1.29, 1.82) is 0 Å². The van der Waals surface area contributed by atoms with Gasteiger partial charge in [0.05, 0.1) is 0 Å². The van der Waals surface area contributed by atoms with Crippen LogP contribution in [0.3, 0.4) is 0 Å². The number of fused-ring (bicyclic) bond motifs is 3. The highest BCUT2D eigenvalue weighted by Crippen LogP contribution is 2.38. The van der Waals surface area contributed by atoms with Crippen molar-refractivity contribution in [3.8, 4) is 0 Å². The summed E-state index contributed by atoms with van der Waals surface area (Å²) in [4.78, 5) is 0. The Morgan fingerprint density at radius 3 is 2.53 bits per heavy atom. The predicted molar refractivity (Wildman–Crippen MR) is 78.2 cm³/mol. The van der Waals surface area contributed by atoms with E-state index in [4.69, 9.17) is 0 Å². The van der Waals surface area contributed by atoms with Crippen molar-refractivity contribution >= 4 is 31.5 Å². The predicted octanol–water partition coefficient (Wildman–Crippen LogP) is 5.49. The van der Waals surface area contributed by atoms with Crippen LogP contribution in [0, 0.1) is 6.92 Å². The van der Waals surface area contributed by atoms with Crippen LogP contribution < -0.4 is 0 Å². The van der Waals surface area contributed by atoms with E-state index in [-0.39, 0.29) is 0 Å². The molecule has 0 bridgehead atoms. The second-order valence-electron chi connectivity index (χ2n) is 4.98. The van der Waals surface area contributed by atoms with Crippen molar-refractivity contribution < 1.29 is 0 Å². The first-order valence-corrected chi connectivity index (χ1v) is 6.90. The molecule has 0 amide bonds. The fourth-order valence-electron chi connectivity index (χ4n) is 2.49. The zero-order valence-electron chi connectivity index (χ0n) is 10.4. The molecule has 17 heavy (non-hydrogen) atoms. The van der Waals surface area contributed by atoms with E-state index < -0.39 is 0 Å². The summed E-state index contributed by atoms with van der Waals surface area (Å²) in [5.74, 6) is 0.579. The normalized spacial score (nSPS) is 11.8. The van der Waals surface area contributed by atoms with Crippen molar-refractivity contribution in [2.24, 2.45) is 0 Å². The molecule has 1 heteroatoms. The number of aryl methyl sites for hydroxylation is 1. The average molecular weight is 240 g/mol. The number of benzene rings is 2. The van der Waals surface area contributed by atoms with Crippen LogP contribution >= 0.6 is 11.3 Å². The molecule has 0 spiro atoms. The molecule has 1 heterocycles. The molecule has 0 aliphatic carbocycles. The molecule has 0 saturated carbocycles. The standard InChI is InChI=1S/C16H16S/c1-10(2)13-8-11(3)9-15-16(13)12-6-4-5-7-14(12)17-15/h4-10H,1-3H3. The molecule has 0 N–H and O–H groups in total. The Hall–Kier alpha value is -1.34. The van der Waals surface area contributed by atoms with E-state index in [2.05, 4.69) is 57.2 Å². The van der Waals surface area contributed by atoms with Gasteiger partial charge in [-0.1, -0.05) is 38.1 Å². The van der Waals surface area contributed by atoms with Gasteiger partial charge in [0.1, 0.15) is 0 Å². The molecule has 0 aliphatic heterocycles. The van der Waals surface area contributed by atoms with Crippen LogP contribution in [0.5, 0.6) is 0 Å². The van der Waals surface area contributed by atoms with E-state index in [0.717, 1.165) is 0 Å². The van der Waals surface area contributed by atoms with E-state index in [0.29, 0.717) is 5.92 Å². The molecule has 1 aromatic heterocycles. The van der Waals surface area contributed by atoms with E-state index >= 15 is 0 Å². The van der Waals surface area contributed by atoms with Crippen LogP contribution in [0.1, 0.15) is 30.9 Å². The van der Waals surface area contributed by atoms with Gasteiger partial charge in [0, 0.05) is 20.2 Å². The first kappa shape index (κ1) is 10.8. The van der Waals surface area contributed by atoms with Gasteiger partial charge in [-0.2, -0.15) is 0 Å². The summed E-state index contributed by atoms with van der Waals surface area (Å²) in [6.07, 6.45) is 0. The maximum absolute atomic E-state index is 2.34. The van der Waals surface area contributed by atoms with Gasteiger partial charge in [0.15, 0.2) is 0 Å². The van der Waals surface area contributed by atoms with Crippen molar-refractivity contribution in [1.82, 2.24) is 0 Å². The third-order valence-corrected chi connectivity index (χ3v) is 4.39. The van der Waals surface area contributed by atoms with Gasteiger partial charge in [-0.15, -0.1) is 11.3 Å². The Balaban J connectivity index is 2.53. The number of hydrogen-bond donors (Lipinski definition) is 0. The quantitative estimate of drug-likeness (QED) is 0.528. The van der Waals surface area contributed by atoms with Gasteiger partial charge in [0.25, 0.3) is 0 Å². The lowest BCUT2D eigenvalue weighted by atomic mass is 9.95. The summed E-state index contributed by atoms with van der Waals surface area (Å²) in [5, 5.41) is 2.88. The van der Waals surface area contributed by atoms with Crippen molar-refractivity contribution in [2.45, 2.75) is 26.7 Å². The zero-order chi connectivity index (χ0) is 12.0. The molecule has 3 aromatic rings. The van der Waals surface area contributed by atoms with E-state index in [9.17, 15) is 0 Å². The van der Waals surface area contributed by atoms with Crippen LogP contribution in [0.2, 0.25) is 0 Å². The molecule has 2 aromatic carbocycles. The van der Waals surface area contributed by atoms with Crippen LogP contribution in [-0.2, 0) is 0 Å². The SMILES string of the molecule is Cc1cc(C(C)C)c2c(c1)sc1ccccc12. The Morgan fingerprint density at radius 1 is 1.00 bits per heavy atom. The highest BCUT2D eigenvalue weighted by Gasteiger charge is 2.11. The first-order valence-electron chi connectivity index (χ1n) is 6.08. The molecule has 0 fully saturated rings. The largest absolute Gasteiger partial charge is 0.135 e. The summed E-state index contributed by atoms with van der Waals surface area (Å²) in [7, 11) is 0. The maximum Gasteiger partial charge on any atom is 0.0360 e. The van der Waals surface area contributed by atoms with E-state index in [1.165, 1.54) is 31.3 Å². The minimum atomic E-state index is 0.579. The Morgan fingerprint density at radius 2 is 1.76 bits per heavy atom. The molecule has 0 radical (unpaired) electrons. The van der Waals surface area contributed by atoms with E-state index in [1.807, 2.05) is 11.3 Å². The molecule has 3 rings (SSSR count). The maximum atomic E-state index is 2.34. The third kappa shape index (κ3) is 1.66. The van der Waals surface area contributed by atoms with Crippen LogP contribution in [0.25, 0.3) is 20.2 Å². The second kappa shape index (κ2) is 3.85. The van der Waals surface area contributed by atoms with Gasteiger partial charge >= 0.3 is 0 Å². The van der Waals surface area contributed by atoms with Gasteiger partial charge in [-0.05, 0) is 36.1 Å². The summed E-state index contributed by atoms with van der Waals surface area (Å²) in [5.41, 5.74) is 2.85. The van der Waals surface area contributed by atoms with Crippen LogP contribution in [-0.4, -0.2) is 0 Å². The van der Waals surface area contributed by atoms with Crippen molar-refractivity contribution in [3.63, 3.8) is 0 Å². The summed E-state index contributed by atoms with van der Waals surface area (Å²) < 4.78 is 2.82. The summed E-state index contributed by atoms with van der Waals surface area (Å²) >= 11 is 1.91. The Bertz CT molecular complexity index is 689. The molecule has 0 unspecified atom stereocenters. The monoisotopic (exact) mass is 240 g/mol. The fraction of sp³-hybridized carbons (Fsp3) is 0.250. The fourth-order valence-corrected chi connectivity index (χ4v) is 3.72.